The molecule has 2 rings (SSSR count). The Kier molecular flexibility index (Phi) is 3.44. The van der Waals surface area contributed by atoms with E-state index >= 15 is 0 Å². The molecule has 1 fully saturated rings. The summed E-state index contributed by atoms with van der Waals surface area (Å²) in [4.78, 5) is 10.0. The van der Waals surface area contributed by atoms with Crippen molar-refractivity contribution in [3.05, 3.63) is 38.9 Å². The van der Waals surface area contributed by atoms with E-state index in [0.29, 0.717) is 5.56 Å². The predicted octanol–water partition coefficient (Wildman–Crippen LogP) is 3.43. The monoisotopic (exact) mass is 294 g/mol. The van der Waals surface area contributed by atoms with Crippen LogP contribution in [0.2, 0.25) is 5.02 Å². The highest BCUT2D eigenvalue weighted by Crippen LogP contribution is 2.49. The largest absolute Gasteiger partial charge is 0.406 e. The molecule has 0 atom stereocenters. The van der Waals surface area contributed by atoms with Crippen molar-refractivity contribution < 1.29 is 18.1 Å². The summed E-state index contributed by atoms with van der Waals surface area (Å²) in [5.74, 6) is 0. The van der Waals surface area contributed by atoms with Crippen LogP contribution in [0, 0.1) is 10.1 Å². The van der Waals surface area contributed by atoms with Crippen LogP contribution in [0.25, 0.3) is 0 Å². The smallest absolute Gasteiger partial charge is 0.299 e. The maximum atomic E-state index is 12.7. The minimum absolute atomic E-state index is 0.0339. The van der Waals surface area contributed by atoms with Crippen molar-refractivity contribution in [2.45, 2.75) is 31.1 Å². The standard InChI is InChI=1S/C11H10ClF3N2O2/c12-8-2-1-7(5-9(8)17(18)19)6-16-10(3-4-10)11(13,14)15/h1-2,5,16H,3-4,6H2. The summed E-state index contributed by atoms with van der Waals surface area (Å²) in [6.45, 7) is -0.0858. The van der Waals surface area contributed by atoms with E-state index in [1.54, 1.807) is 0 Å². The number of nitrogens with zero attached hydrogens (tertiary/aromatic N) is 1. The Morgan fingerprint density at radius 1 is 1.42 bits per heavy atom. The highest BCUT2D eigenvalue weighted by atomic mass is 35.5. The number of hydrogen-bond acceptors (Lipinski definition) is 3. The lowest BCUT2D eigenvalue weighted by atomic mass is 10.1. The third-order valence-electron chi connectivity index (χ3n) is 3.13. The van der Waals surface area contributed by atoms with Crippen LogP contribution < -0.4 is 5.32 Å². The second-order valence-electron chi connectivity index (χ2n) is 4.48. The molecule has 1 N–H and O–H groups in total. The second kappa shape index (κ2) is 4.64. The Balaban J connectivity index is 2.09. The molecule has 1 aliphatic carbocycles. The lowest BCUT2D eigenvalue weighted by Gasteiger charge is -2.20. The Morgan fingerprint density at radius 3 is 2.53 bits per heavy atom. The van der Waals surface area contributed by atoms with Crippen LogP contribution in [-0.2, 0) is 6.54 Å². The van der Waals surface area contributed by atoms with Crippen LogP contribution in [0.3, 0.4) is 0 Å². The summed E-state index contributed by atoms with van der Waals surface area (Å²) >= 11 is 5.62. The van der Waals surface area contributed by atoms with Crippen molar-refractivity contribution in [2.24, 2.45) is 0 Å². The zero-order valence-corrected chi connectivity index (χ0v) is 10.4. The fraction of sp³-hybridized carbons (Fsp3) is 0.455. The third kappa shape index (κ3) is 2.82. The van der Waals surface area contributed by atoms with Crippen LogP contribution in [-0.4, -0.2) is 16.6 Å². The molecule has 104 valence electrons. The van der Waals surface area contributed by atoms with Gasteiger partial charge in [0.2, 0.25) is 0 Å². The first-order chi connectivity index (χ1) is 8.75. The van der Waals surface area contributed by atoms with E-state index < -0.39 is 16.6 Å². The first kappa shape index (κ1) is 14.1. The first-order valence-corrected chi connectivity index (χ1v) is 5.87. The fourth-order valence-electron chi connectivity index (χ4n) is 1.76. The maximum Gasteiger partial charge on any atom is 0.406 e. The van der Waals surface area contributed by atoms with Gasteiger partial charge in [-0.2, -0.15) is 13.2 Å². The molecule has 0 unspecified atom stereocenters. The summed E-state index contributed by atoms with van der Waals surface area (Å²) in [7, 11) is 0. The van der Waals surface area contributed by atoms with Gasteiger partial charge in [-0.1, -0.05) is 17.7 Å². The quantitative estimate of drug-likeness (QED) is 0.683. The van der Waals surface area contributed by atoms with Gasteiger partial charge in [0, 0.05) is 12.6 Å². The van der Waals surface area contributed by atoms with Crippen LogP contribution in [0.15, 0.2) is 18.2 Å². The molecule has 0 heterocycles. The van der Waals surface area contributed by atoms with Crippen LogP contribution in [0.1, 0.15) is 18.4 Å². The van der Waals surface area contributed by atoms with Gasteiger partial charge >= 0.3 is 6.18 Å². The molecule has 0 amide bonds. The highest BCUT2D eigenvalue weighted by Gasteiger charge is 2.62. The van der Waals surface area contributed by atoms with Crippen molar-refractivity contribution >= 4 is 17.3 Å². The summed E-state index contributed by atoms with van der Waals surface area (Å²) in [5.41, 5.74) is -1.74. The Morgan fingerprint density at radius 2 is 2.05 bits per heavy atom. The molecular formula is C11H10ClF3N2O2. The highest BCUT2D eigenvalue weighted by molar-refractivity contribution is 6.32. The Bertz CT molecular complexity index is 515. The zero-order chi connectivity index (χ0) is 14.3. The normalized spacial score (nSPS) is 17.3. The van der Waals surface area contributed by atoms with Crippen molar-refractivity contribution in [2.75, 3.05) is 0 Å². The summed E-state index contributed by atoms with van der Waals surface area (Å²) in [6.07, 6.45) is -4.23. The van der Waals surface area contributed by atoms with E-state index in [4.69, 9.17) is 11.6 Å². The molecule has 1 aromatic carbocycles. The fourth-order valence-corrected chi connectivity index (χ4v) is 1.95. The van der Waals surface area contributed by atoms with Crippen LogP contribution in [0.5, 0.6) is 0 Å². The average Bonchev–Trinajstić information content (AvgIpc) is 3.08. The number of rotatable bonds is 4. The molecule has 0 radical (unpaired) electrons. The number of benzene rings is 1. The summed E-state index contributed by atoms with van der Waals surface area (Å²) in [5, 5.41) is 13.1. The van der Waals surface area contributed by atoms with Gasteiger partial charge in [-0.05, 0) is 24.5 Å². The molecule has 4 nitrogen and oxygen atoms in total. The van der Waals surface area contributed by atoms with E-state index in [0.717, 1.165) is 0 Å². The van der Waals surface area contributed by atoms with Crippen LogP contribution >= 0.6 is 11.6 Å². The number of nitro groups is 1. The molecule has 1 saturated carbocycles. The number of nitrogens with one attached hydrogen (secondary N) is 1. The van der Waals surface area contributed by atoms with Gasteiger partial charge in [0.1, 0.15) is 10.6 Å². The van der Waals surface area contributed by atoms with E-state index in [1.807, 2.05) is 0 Å². The van der Waals surface area contributed by atoms with Gasteiger partial charge in [-0.25, -0.2) is 0 Å². The number of hydrogen-bond donors (Lipinski definition) is 1. The summed E-state index contributed by atoms with van der Waals surface area (Å²) in [6, 6.07) is 3.96. The molecule has 0 saturated heterocycles. The SMILES string of the molecule is O=[N+]([O-])c1cc(CNC2(C(F)(F)F)CC2)ccc1Cl. The molecule has 0 aliphatic heterocycles. The van der Waals surface area contributed by atoms with Gasteiger partial charge in [0.05, 0.1) is 4.92 Å². The predicted molar refractivity (Wildman–Crippen MR) is 63.0 cm³/mol. The molecular weight excluding hydrogens is 285 g/mol. The van der Waals surface area contributed by atoms with Gasteiger partial charge in [-0.3, -0.25) is 15.4 Å². The lowest BCUT2D eigenvalue weighted by molar-refractivity contribution is -0.384. The van der Waals surface area contributed by atoms with E-state index in [-0.39, 0.29) is 30.1 Å². The number of alkyl halides is 3. The minimum atomic E-state index is -4.30. The number of halogens is 4. The van der Waals surface area contributed by atoms with Crippen molar-refractivity contribution in [3.63, 3.8) is 0 Å². The second-order valence-corrected chi connectivity index (χ2v) is 4.88. The molecule has 8 heteroatoms. The van der Waals surface area contributed by atoms with Crippen molar-refractivity contribution in [3.8, 4) is 0 Å². The third-order valence-corrected chi connectivity index (χ3v) is 3.45. The maximum absolute atomic E-state index is 12.7. The average molecular weight is 295 g/mol. The van der Waals surface area contributed by atoms with E-state index in [9.17, 15) is 23.3 Å². The van der Waals surface area contributed by atoms with Gasteiger partial charge in [-0.15, -0.1) is 0 Å². The lowest BCUT2D eigenvalue weighted by Crippen LogP contribution is -2.44. The van der Waals surface area contributed by atoms with Crippen molar-refractivity contribution in [1.29, 1.82) is 0 Å². The molecule has 1 aromatic rings. The van der Waals surface area contributed by atoms with Gasteiger partial charge in [0.25, 0.3) is 5.69 Å². The first-order valence-electron chi connectivity index (χ1n) is 5.50. The van der Waals surface area contributed by atoms with Gasteiger partial charge < -0.3 is 0 Å². The van der Waals surface area contributed by atoms with Gasteiger partial charge in [0.15, 0.2) is 0 Å². The molecule has 19 heavy (non-hydrogen) atoms. The van der Waals surface area contributed by atoms with Crippen molar-refractivity contribution in [1.82, 2.24) is 5.32 Å². The molecule has 1 aliphatic rings. The number of nitro benzene ring substituents is 1. The Labute approximate surface area is 111 Å². The summed E-state index contributed by atoms with van der Waals surface area (Å²) < 4.78 is 38.0. The zero-order valence-electron chi connectivity index (χ0n) is 9.63. The van der Waals surface area contributed by atoms with E-state index in [1.165, 1.54) is 18.2 Å². The molecule has 0 bridgehead atoms. The topological polar surface area (TPSA) is 55.2 Å². The molecule has 0 spiro atoms. The Hall–Kier alpha value is -1.34. The van der Waals surface area contributed by atoms with E-state index in [2.05, 4.69) is 5.32 Å². The molecule has 0 aromatic heterocycles. The minimum Gasteiger partial charge on any atom is -0.299 e. The van der Waals surface area contributed by atoms with Crippen LogP contribution in [0.4, 0.5) is 18.9 Å².